The summed E-state index contributed by atoms with van der Waals surface area (Å²) in [4.78, 5) is 40.8. The predicted octanol–water partition coefficient (Wildman–Crippen LogP) is 3.93. The molecule has 1 aliphatic heterocycles. The van der Waals surface area contributed by atoms with Gasteiger partial charge in [-0.25, -0.2) is 4.39 Å². The number of amides is 3. The SMILES string of the molecule is Cc1ccc(Cl)c2c1C(NC(=O)C1CC(F)CN1C(=O)Cn1nc(C(N)=O)c3cc(-c4ccnnc4)ccc31)C(C)CC2. The zero-order valence-corrected chi connectivity index (χ0v) is 24.5. The lowest BCUT2D eigenvalue weighted by Crippen LogP contribution is -2.49. The number of carbonyl (C=O) groups excluding carboxylic acids is 3. The average molecular weight is 604 g/mol. The molecule has 0 saturated carbocycles. The summed E-state index contributed by atoms with van der Waals surface area (Å²) in [6, 6.07) is 9.60. The third-order valence-electron chi connectivity index (χ3n) is 8.60. The lowest BCUT2D eigenvalue weighted by Gasteiger charge is -2.35. The quantitative estimate of drug-likeness (QED) is 0.343. The topological polar surface area (TPSA) is 136 Å². The first-order valence-electron chi connectivity index (χ1n) is 14.2. The standard InChI is InChI=1S/C31H31ClFN7O3/c1-16-4-7-23(32)21-6-3-17(2)28(27(16)21)37-31(43)25-12-20(33)14-39(25)26(41)15-40-24-8-5-18(19-9-10-35-36-13-19)11-22(24)29(38-40)30(34)42/h4-5,7-11,13,17,20,25,28H,3,6,12,14-15H2,1-2H3,(H2,34,42)(H,37,43). The molecule has 10 nitrogen and oxygen atoms in total. The predicted molar refractivity (Wildman–Crippen MR) is 159 cm³/mol. The van der Waals surface area contributed by atoms with Crippen LogP contribution in [-0.2, 0) is 22.6 Å². The molecule has 4 aromatic rings. The Hall–Kier alpha value is -4.38. The van der Waals surface area contributed by atoms with E-state index in [9.17, 15) is 18.8 Å². The average Bonchev–Trinajstić information content (AvgIpc) is 3.57. The van der Waals surface area contributed by atoms with Gasteiger partial charge in [-0.1, -0.05) is 30.7 Å². The van der Waals surface area contributed by atoms with E-state index >= 15 is 0 Å². The number of nitrogens with one attached hydrogen (secondary N) is 1. The molecule has 0 bridgehead atoms. The molecule has 222 valence electrons. The highest BCUT2D eigenvalue weighted by Gasteiger charge is 2.42. The van der Waals surface area contributed by atoms with Crippen molar-refractivity contribution in [1.29, 1.82) is 0 Å². The highest BCUT2D eigenvalue weighted by atomic mass is 35.5. The number of likely N-dealkylation sites (tertiary alicyclic amines) is 1. The first-order chi connectivity index (χ1) is 20.6. The summed E-state index contributed by atoms with van der Waals surface area (Å²) >= 11 is 6.50. The summed E-state index contributed by atoms with van der Waals surface area (Å²) < 4.78 is 16.2. The van der Waals surface area contributed by atoms with Crippen LogP contribution in [0.2, 0.25) is 5.02 Å². The van der Waals surface area contributed by atoms with E-state index in [1.807, 2.05) is 25.1 Å². The van der Waals surface area contributed by atoms with Gasteiger partial charge in [-0.05, 0) is 72.2 Å². The van der Waals surface area contributed by atoms with Crippen LogP contribution < -0.4 is 11.1 Å². The minimum Gasteiger partial charge on any atom is -0.364 e. The molecule has 3 heterocycles. The van der Waals surface area contributed by atoms with Crippen molar-refractivity contribution >= 4 is 40.2 Å². The number of hydrogen-bond donors (Lipinski definition) is 2. The molecule has 2 aromatic carbocycles. The monoisotopic (exact) mass is 603 g/mol. The van der Waals surface area contributed by atoms with Crippen LogP contribution in [0.15, 0.2) is 48.8 Å². The van der Waals surface area contributed by atoms with Crippen LogP contribution in [0, 0.1) is 12.8 Å². The second kappa shape index (κ2) is 11.4. The fourth-order valence-electron chi connectivity index (χ4n) is 6.38. The summed E-state index contributed by atoms with van der Waals surface area (Å²) in [6.45, 7) is 3.55. The van der Waals surface area contributed by atoms with E-state index < -0.39 is 29.9 Å². The van der Waals surface area contributed by atoms with Crippen LogP contribution in [0.3, 0.4) is 0 Å². The van der Waals surface area contributed by atoms with Gasteiger partial charge in [-0.15, -0.1) is 0 Å². The maximum Gasteiger partial charge on any atom is 0.269 e. The van der Waals surface area contributed by atoms with Crippen LogP contribution in [-0.4, -0.2) is 61.4 Å². The highest BCUT2D eigenvalue weighted by molar-refractivity contribution is 6.31. The molecule has 4 unspecified atom stereocenters. The lowest BCUT2D eigenvalue weighted by atomic mass is 9.78. The second-order valence-corrected chi connectivity index (χ2v) is 11.8. The number of rotatable bonds is 6. The summed E-state index contributed by atoms with van der Waals surface area (Å²) in [6.07, 6.45) is 3.36. The smallest absolute Gasteiger partial charge is 0.269 e. The van der Waals surface area contributed by atoms with Crippen molar-refractivity contribution in [3.8, 4) is 11.1 Å². The number of primary amides is 1. The van der Waals surface area contributed by atoms with Crippen molar-refractivity contribution in [1.82, 2.24) is 30.2 Å². The van der Waals surface area contributed by atoms with E-state index in [2.05, 4.69) is 27.5 Å². The number of aryl methyl sites for hydroxylation is 1. The fraction of sp³-hybridized carbons (Fsp3) is 0.355. The van der Waals surface area contributed by atoms with E-state index in [1.54, 1.807) is 30.6 Å². The summed E-state index contributed by atoms with van der Waals surface area (Å²) in [7, 11) is 0. The van der Waals surface area contributed by atoms with E-state index in [-0.39, 0.29) is 37.2 Å². The Morgan fingerprint density at radius 1 is 1.14 bits per heavy atom. The molecule has 12 heteroatoms. The molecule has 4 atom stereocenters. The lowest BCUT2D eigenvalue weighted by molar-refractivity contribution is -0.139. The summed E-state index contributed by atoms with van der Waals surface area (Å²) in [5.41, 5.74) is 10.7. The van der Waals surface area contributed by atoms with E-state index in [0.717, 1.165) is 40.7 Å². The van der Waals surface area contributed by atoms with Crippen LogP contribution in [0.5, 0.6) is 0 Å². The van der Waals surface area contributed by atoms with Crippen LogP contribution in [0.1, 0.15) is 53.0 Å². The molecule has 0 spiro atoms. The Morgan fingerprint density at radius 3 is 2.70 bits per heavy atom. The van der Waals surface area contributed by atoms with Gasteiger partial charge in [0.15, 0.2) is 5.69 Å². The minimum atomic E-state index is -1.35. The molecular weight excluding hydrogens is 573 g/mol. The number of carbonyl (C=O) groups is 3. The Labute approximate surface area is 252 Å². The Morgan fingerprint density at radius 2 is 1.95 bits per heavy atom. The van der Waals surface area contributed by atoms with E-state index in [4.69, 9.17) is 17.3 Å². The zero-order valence-electron chi connectivity index (χ0n) is 23.8. The largest absolute Gasteiger partial charge is 0.364 e. The summed E-state index contributed by atoms with van der Waals surface area (Å²) in [5, 5.41) is 16.3. The van der Waals surface area contributed by atoms with Gasteiger partial charge < -0.3 is 16.0 Å². The number of hydrogen-bond acceptors (Lipinski definition) is 6. The second-order valence-electron chi connectivity index (χ2n) is 11.4. The first kappa shape index (κ1) is 28.7. The van der Waals surface area contributed by atoms with E-state index in [1.165, 1.54) is 9.58 Å². The Bertz CT molecular complexity index is 1740. The number of nitrogens with two attached hydrogens (primary N) is 1. The third-order valence-corrected chi connectivity index (χ3v) is 8.96. The number of alkyl halides is 1. The normalized spacial score (nSPS) is 21.5. The van der Waals surface area contributed by atoms with Crippen molar-refractivity contribution in [2.24, 2.45) is 11.7 Å². The molecule has 3 amide bonds. The molecule has 6 rings (SSSR count). The number of halogens is 2. The number of nitrogens with zero attached hydrogens (tertiary/aromatic N) is 5. The third kappa shape index (κ3) is 5.33. The van der Waals surface area contributed by atoms with E-state index in [0.29, 0.717) is 15.9 Å². The maximum atomic E-state index is 14.8. The van der Waals surface area contributed by atoms with Crippen molar-refractivity contribution < 1.29 is 18.8 Å². The molecule has 1 aliphatic carbocycles. The maximum absolute atomic E-state index is 14.8. The molecule has 2 aliphatic rings. The van der Waals surface area contributed by atoms with Gasteiger partial charge in [0.1, 0.15) is 18.8 Å². The van der Waals surface area contributed by atoms with Gasteiger partial charge in [-0.3, -0.25) is 19.1 Å². The Kier molecular flexibility index (Phi) is 7.59. The van der Waals surface area contributed by atoms with Gasteiger partial charge in [0.2, 0.25) is 11.8 Å². The van der Waals surface area contributed by atoms with Gasteiger partial charge in [0.25, 0.3) is 5.91 Å². The van der Waals surface area contributed by atoms with Crippen LogP contribution in [0.4, 0.5) is 4.39 Å². The zero-order chi connectivity index (χ0) is 30.4. The number of fused-ring (bicyclic) bond motifs is 2. The minimum absolute atomic E-state index is 0.00438. The van der Waals surface area contributed by atoms with Gasteiger partial charge in [0, 0.05) is 22.4 Å². The van der Waals surface area contributed by atoms with Crippen molar-refractivity contribution in [3.05, 3.63) is 76.2 Å². The molecule has 1 saturated heterocycles. The number of aromatic nitrogens is 4. The van der Waals surface area contributed by atoms with Crippen molar-refractivity contribution in [3.63, 3.8) is 0 Å². The first-order valence-corrected chi connectivity index (χ1v) is 14.6. The molecule has 2 aromatic heterocycles. The molecule has 0 radical (unpaired) electrons. The van der Waals surface area contributed by atoms with Crippen molar-refractivity contribution in [2.45, 2.75) is 57.9 Å². The molecule has 3 N–H and O–H groups in total. The van der Waals surface area contributed by atoms with Gasteiger partial charge in [-0.2, -0.15) is 15.3 Å². The number of benzene rings is 2. The highest BCUT2D eigenvalue weighted by Crippen LogP contribution is 2.40. The van der Waals surface area contributed by atoms with Crippen LogP contribution in [0.25, 0.3) is 22.0 Å². The molecule has 1 fully saturated rings. The molecule has 43 heavy (non-hydrogen) atoms. The van der Waals surface area contributed by atoms with Gasteiger partial charge >= 0.3 is 0 Å². The van der Waals surface area contributed by atoms with Crippen LogP contribution >= 0.6 is 11.6 Å². The Balaban J connectivity index is 1.26. The van der Waals surface area contributed by atoms with Crippen molar-refractivity contribution in [2.75, 3.05) is 6.54 Å². The van der Waals surface area contributed by atoms with Gasteiger partial charge in [0.05, 0.1) is 30.5 Å². The summed E-state index contributed by atoms with van der Waals surface area (Å²) in [5.74, 6) is -1.51. The fourth-order valence-corrected chi connectivity index (χ4v) is 6.64. The molecular formula is C31H31ClFN7O3.